The van der Waals surface area contributed by atoms with Gasteiger partial charge < -0.3 is 5.32 Å². The molecule has 0 saturated carbocycles. The highest BCUT2D eigenvalue weighted by atomic mass is 35.5. The van der Waals surface area contributed by atoms with Crippen molar-refractivity contribution >= 4 is 23.2 Å². The Balaban J connectivity index is 2.50. The van der Waals surface area contributed by atoms with Crippen LogP contribution in [0.3, 0.4) is 0 Å². The third-order valence-corrected chi connectivity index (χ3v) is 2.83. The number of rotatable bonds is 7. The van der Waals surface area contributed by atoms with Crippen molar-refractivity contribution in [3.63, 3.8) is 0 Å². The zero-order valence-corrected chi connectivity index (χ0v) is 11.7. The van der Waals surface area contributed by atoms with Gasteiger partial charge in [-0.1, -0.05) is 11.6 Å². The van der Waals surface area contributed by atoms with E-state index in [0.717, 1.165) is 0 Å². The molecule has 5 nitrogen and oxygen atoms in total. The minimum absolute atomic E-state index is 0.159. The monoisotopic (exact) mass is 290 g/mol. The summed E-state index contributed by atoms with van der Waals surface area (Å²) in [5.41, 5.74) is 0.667. The highest BCUT2D eigenvalue weighted by Crippen LogP contribution is 2.13. The molecule has 0 aliphatic heterocycles. The zero-order valence-electron chi connectivity index (χ0n) is 11.0. The second-order valence-electron chi connectivity index (χ2n) is 4.15. The maximum Gasteiger partial charge on any atom is 0.238 e. The zero-order chi connectivity index (χ0) is 14.8. The third-order valence-electron chi connectivity index (χ3n) is 2.57. The Labute approximate surface area is 123 Å². The fourth-order valence-electron chi connectivity index (χ4n) is 1.62. The maximum absolute atomic E-state index is 11.9. The molecule has 0 saturated heterocycles. The summed E-state index contributed by atoms with van der Waals surface area (Å²) < 4.78 is 0. The van der Waals surface area contributed by atoms with Crippen LogP contribution in [-0.4, -0.2) is 30.4 Å². The van der Waals surface area contributed by atoms with Crippen LogP contribution in [0, 0.1) is 22.7 Å². The van der Waals surface area contributed by atoms with E-state index in [4.69, 9.17) is 22.1 Å². The van der Waals surface area contributed by atoms with E-state index in [1.54, 1.807) is 29.2 Å². The molecule has 0 aromatic heterocycles. The summed E-state index contributed by atoms with van der Waals surface area (Å²) in [5.74, 6) is -0.178. The van der Waals surface area contributed by atoms with Crippen LogP contribution in [0.15, 0.2) is 24.3 Å². The summed E-state index contributed by atoms with van der Waals surface area (Å²) in [6.45, 7) is 1.12. The minimum Gasteiger partial charge on any atom is -0.325 e. The summed E-state index contributed by atoms with van der Waals surface area (Å²) in [5, 5.41) is 20.5. The van der Waals surface area contributed by atoms with E-state index in [1.807, 2.05) is 12.1 Å². The van der Waals surface area contributed by atoms with E-state index in [2.05, 4.69) is 5.32 Å². The molecule has 0 aliphatic carbocycles. The van der Waals surface area contributed by atoms with Crippen molar-refractivity contribution in [3.05, 3.63) is 29.3 Å². The van der Waals surface area contributed by atoms with Gasteiger partial charge in [0.15, 0.2) is 0 Å². The Kier molecular flexibility index (Phi) is 7.13. The number of nitrogens with one attached hydrogen (secondary N) is 1. The molecule has 0 spiro atoms. The number of benzene rings is 1. The average molecular weight is 291 g/mol. The lowest BCUT2D eigenvalue weighted by molar-refractivity contribution is -0.117. The van der Waals surface area contributed by atoms with Crippen LogP contribution < -0.4 is 5.32 Å². The third kappa shape index (κ3) is 6.19. The molecule has 104 valence electrons. The minimum atomic E-state index is -0.178. The Morgan fingerprint density at radius 3 is 2.20 bits per heavy atom. The van der Waals surface area contributed by atoms with Crippen molar-refractivity contribution in [1.82, 2.24) is 4.90 Å². The SMILES string of the molecule is N#CCCN(CCC#N)CC(=O)Nc1ccc(Cl)cc1. The molecule has 1 aromatic rings. The summed E-state index contributed by atoms with van der Waals surface area (Å²) in [6.07, 6.45) is 0.666. The molecule has 0 atom stereocenters. The summed E-state index contributed by atoms with van der Waals surface area (Å²) >= 11 is 5.76. The van der Waals surface area contributed by atoms with Gasteiger partial charge in [-0.05, 0) is 24.3 Å². The van der Waals surface area contributed by atoms with Gasteiger partial charge >= 0.3 is 0 Å². The van der Waals surface area contributed by atoms with E-state index in [0.29, 0.717) is 36.6 Å². The largest absolute Gasteiger partial charge is 0.325 e. The van der Waals surface area contributed by atoms with Crippen LogP contribution in [0.4, 0.5) is 5.69 Å². The van der Waals surface area contributed by atoms with Crippen LogP contribution >= 0.6 is 11.6 Å². The Bertz CT molecular complexity index is 497. The van der Waals surface area contributed by atoms with Crippen LogP contribution in [0.2, 0.25) is 5.02 Å². The second kappa shape index (κ2) is 8.92. The fourth-order valence-corrected chi connectivity index (χ4v) is 1.75. The Morgan fingerprint density at radius 1 is 1.15 bits per heavy atom. The van der Waals surface area contributed by atoms with E-state index in [-0.39, 0.29) is 12.5 Å². The van der Waals surface area contributed by atoms with Crippen molar-refractivity contribution in [2.45, 2.75) is 12.8 Å². The number of hydrogen-bond donors (Lipinski definition) is 1. The first-order chi connectivity index (χ1) is 9.65. The van der Waals surface area contributed by atoms with Gasteiger partial charge in [0, 0.05) is 36.6 Å². The molecule has 0 fully saturated rings. The van der Waals surface area contributed by atoms with Crippen molar-refractivity contribution in [2.75, 3.05) is 25.0 Å². The normalized spacial score (nSPS) is 9.80. The Morgan fingerprint density at radius 2 is 1.70 bits per heavy atom. The second-order valence-corrected chi connectivity index (χ2v) is 4.58. The molecule has 20 heavy (non-hydrogen) atoms. The van der Waals surface area contributed by atoms with E-state index >= 15 is 0 Å². The molecular weight excluding hydrogens is 276 g/mol. The molecule has 1 rings (SSSR count). The number of hydrogen-bond acceptors (Lipinski definition) is 4. The molecule has 1 amide bonds. The van der Waals surface area contributed by atoms with E-state index in [1.165, 1.54) is 0 Å². The first-order valence-corrected chi connectivity index (χ1v) is 6.55. The number of amides is 1. The average Bonchev–Trinajstić information content (AvgIpc) is 2.44. The summed E-state index contributed by atoms with van der Waals surface area (Å²) in [4.78, 5) is 13.7. The van der Waals surface area contributed by atoms with Gasteiger partial charge in [-0.25, -0.2) is 0 Å². The first-order valence-electron chi connectivity index (χ1n) is 6.17. The number of halogens is 1. The van der Waals surface area contributed by atoms with Gasteiger partial charge in [-0.2, -0.15) is 10.5 Å². The van der Waals surface area contributed by atoms with Crippen LogP contribution in [0.5, 0.6) is 0 Å². The van der Waals surface area contributed by atoms with Gasteiger partial charge in [0.05, 0.1) is 18.7 Å². The first kappa shape index (κ1) is 16.0. The molecule has 0 unspecified atom stereocenters. The smallest absolute Gasteiger partial charge is 0.238 e. The quantitative estimate of drug-likeness (QED) is 0.836. The van der Waals surface area contributed by atoms with E-state index < -0.39 is 0 Å². The summed E-state index contributed by atoms with van der Waals surface area (Å²) in [6, 6.07) is 10.9. The molecule has 1 aromatic carbocycles. The molecule has 6 heteroatoms. The van der Waals surface area contributed by atoms with Crippen LogP contribution in [0.25, 0.3) is 0 Å². The van der Waals surface area contributed by atoms with Crippen molar-refractivity contribution in [2.24, 2.45) is 0 Å². The lowest BCUT2D eigenvalue weighted by atomic mass is 10.3. The Hall–Kier alpha value is -2.08. The van der Waals surface area contributed by atoms with Gasteiger partial charge in [0.2, 0.25) is 5.91 Å². The molecular formula is C14H15ClN4O. The van der Waals surface area contributed by atoms with Gasteiger partial charge in [-0.15, -0.1) is 0 Å². The van der Waals surface area contributed by atoms with Crippen molar-refractivity contribution in [1.29, 1.82) is 10.5 Å². The highest BCUT2D eigenvalue weighted by molar-refractivity contribution is 6.30. The van der Waals surface area contributed by atoms with Gasteiger partial charge in [0.1, 0.15) is 0 Å². The highest BCUT2D eigenvalue weighted by Gasteiger charge is 2.10. The van der Waals surface area contributed by atoms with Gasteiger partial charge in [-0.3, -0.25) is 9.69 Å². The van der Waals surface area contributed by atoms with Crippen molar-refractivity contribution < 1.29 is 4.79 Å². The fraction of sp³-hybridized carbons (Fsp3) is 0.357. The lowest BCUT2D eigenvalue weighted by Crippen LogP contribution is -2.34. The van der Waals surface area contributed by atoms with Crippen LogP contribution in [-0.2, 0) is 4.79 Å². The predicted molar refractivity (Wildman–Crippen MR) is 77.0 cm³/mol. The number of carbonyl (C=O) groups is 1. The number of nitrogens with zero attached hydrogens (tertiary/aromatic N) is 3. The van der Waals surface area contributed by atoms with Gasteiger partial charge in [0.25, 0.3) is 0 Å². The standard InChI is InChI=1S/C14H15ClN4O/c15-12-3-5-13(6-4-12)18-14(20)11-19(9-1-7-16)10-2-8-17/h3-6H,1-2,9-11H2,(H,18,20). The van der Waals surface area contributed by atoms with Crippen LogP contribution in [0.1, 0.15) is 12.8 Å². The molecule has 0 bridgehead atoms. The predicted octanol–water partition coefficient (Wildman–Crippen LogP) is 2.41. The number of carbonyl (C=O) groups excluding carboxylic acids is 1. The molecule has 0 aliphatic rings. The topological polar surface area (TPSA) is 79.9 Å². The number of nitriles is 2. The van der Waals surface area contributed by atoms with E-state index in [9.17, 15) is 4.79 Å². The molecule has 1 N–H and O–H groups in total. The maximum atomic E-state index is 11.9. The lowest BCUT2D eigenvalue weighted by Gasteiger charge is -2.19. The molecule has 0 radical (unpaired) electrons. The summed E-state index contributed by atoms with van der Waals surface area (Å²) in [7, 11) is 0. The molecule has 0 heterocycles. The van der Waals surface area contributed by atoms with Crippen molar-refractivity contribution in [3.8, 4) is 12.1 Å². The number of anilines is 1.